The summed E-state index contributed by atoms with van der Waals surface area (Å²) in [6.45, 7) is 0.384. The van der Waals surface area contributed by atoms with Crippen molar-refractivity contribution in [1.82, 2.24) is 19.7 Å². The Morgan fingerprint density at radius 2 is 2.33 bits per heavy atom. The summed E-state index contributed by atoms with van der Waals surface area (Å²) in [7, 11) is 1.87. The van der Waals surface area contributed by atoms with Gasteiger partial charge in [0.1, 0.15) is 18.7 Å². The number of aryl methyl sites for hydroxylation is 1. The summed E-state index contributed by atoms with van der Waals surface area (Å²) >= 11 is 3.32. The normalized spacial score (nSPS) is 10.3. The van der Waals surface area contributed by atoms with E-state index in [1.54, 1.807) is 18.7 Å². The zero-order valence-electron chi connectivity index (χ0n) is 8.09. The maximum atomic E-state index is 5.50. The van der Waals surface area contributed by atoms with Crippen LogP contribution in [0.3, 0.4) is 0 Å². The number of halogens is 1. The molecule has 6 heteroatoms. The summed E-state index contributed by atoms with van der Waals surface area (Å²) in [5.74, 6) is 1.47. The fourth-order valence-corrected chi connectivity index (χ4v) is 1.40. The first-order chi connectivity index (χ1) is 7.25. The molecule has 78 valence electrons. The first-order valence-electron chi connectivity index (χ1n) is 4.32. The molecule has 0 spiro atoms. The fraction of sp³-hybridized carbons (Fsp3) is 0.222. The third kappa shape index (κ3) is 2.53. The minimum atomic E-state index is 0.384. The SMILES string of the molecule is Cn1cnnc1COc1cncc(Br)c1. The first-order valence-corrected chi connectivity index (χ1v) is 5.11. The van der Waals surface area contributed by atoms with Crippen LogP contribution in [0.15, 0.2) is 29.3 Å². The highest BCUT2D eigenvalue weighted by molar-refractivity contribution is 9.10. The summed E-state index contributed by atoms with van der Waals surface area (Å²) in [6.07, 6.45) is 4.99. The highest BCUT2D eigenvalue weighted by Gasteiger charge is 2.02. The summed E-state index contributed by atoms with van der Waals surface area (Å²) in [5.41, 5.74) is 0. The second-order valence-electron chi connectivity index (χ2n) is 2.99. The number of hydrogen-bond donors (Lipinski definition) is 0. The summed E-state index contributed by atoms with van der Waals surface area (Å²) in [4.78, 5) is 3.99. The van der Waals surface area contributed by atoms with E-state index >= 15 is 0 Å². The summed E-state index contributed by atoms with van der Waals surface area (Å²) in [5, 5.41) is 7.67. The third-order valence-corrected chi connectivity index (χ3v) is 2.29. The Morgan fingerprint density at radius 1 is 1.47 bits per heavy atom. The van der Waals surface area contributed by atoms with Gasteiger partial charge < -0.3 is 9.30 Å². The predicted molar refractivity (Wildman–Crippen MR) is 57.3 cm³/mol. The van der Waals surface area contributed by atoms with Gasteiger partial charge in [-0.2, -0.15) is 0 Å². The molecular weight excluding hydrogens is 260 g/mol. The Labute approximate surface area is 95.2 Å². The molecule has 2 rings (SSSR count). The van der Waals surface area contributed by atoms with Crippen LogP contribution in [0.4, 0.5) is 0 Å². The van der Waals surface area contributed by atoms with E-state index in [2.05, 4.69) is 31.1 Å². The molecule has 0 fully saturated rings. The van der Waals surface area contributed by atoms with Crippen molar-refractivity contribution in [2.24, 2.45) is 7.05 Å². The van der Waals surface area contributed by atoms with Crippen molar-refractivity contribution in [2.75, 3.05) is 0 Å². The Balaban J connectivity index is 2.02. The molecule has 2 aromatic rings. The smallest absolute Gasteiger partial charge is 0.170 e. The molecule has 0 unspecified atom stereocenters. The van der Waals surface area contributed by atoms with E-state index in [-0.39, 0.29) is 0 Å². The van der Waals surface area contributed by atoms with Crippen LogP contribution >= 0.6 is 15.9 Å². The van der Waals surface area contributed by atoms with Crippen LogP contribution in [0.1, 0.15) is 5.82 Å². The van der Waals surface area contributed by atoms with Crippen molar-refractivity contribution >= 4 is 15.9 Å². The molecule has 0 atom stereocenters. The molecule has 0 aliphatic carbocycles. The van der Waals surface area contributed by atoms with Crippen molar-refractivity contribution in [2.45, 2.75) is 6.61 Å². The number of rotatable bonds is 3. The lowest BCUT2D eigenvalue weighted by atomic mass is 10.5. The van der Waals surface area contributed by atoms with Gasteiger partial charge in [-0.15, -0.1) is 10.2 Å². The van der Waals surface area contributed by atoms with Crippen molar-refractivity contribution in [3.8, 4) is 5.75 Å². The van der Waals surface area contributed by atoms with E-state index in [9.17, 15) is 0 Å². The van der Waals surface area contributed by atoms with E-state index in [0.29, 0.717) is 12.4 Å². The topological polar surface area (TPSA) is 52.8 Å². The number of nitrogens with zero attached hydrogens (tertiary/aromatic N) is 4. The molecule has 5 nitrogen and oxygen atoms in total. The molecular formula is C9H9BrN4O. The van der Waals surface area contributed by atoms with Gasteiger partial charge in [-0.3, -0.25) is 4.98 Å². The van der Waals surface area contributed by atoms with E-state index < -0.39 is 0 Å². The lowest BCUT2D eigenvalue weighted by molar-refractivity contribution is 0.290. The molecule has 0 aromatic carbocycles. The Hall–Kier alpha value is -1.43. The minimum Gasteiger partial charge on any atom is -0.484 e. The van der Waals surface area contributed by atoms with E-state index in [0.717, 1.165) is 10.3 Å². The van der Waals surface area contributed by atoms with E-state index in [4.69, 9.17) is 4.74 Å². The second kappa shape index (κ2) is 4.39. The molecule has 0 N–H and O–H groups in total. The van der Waals surface area contributed by atoms with Crippen LogP contribution in [0.25, 0.3) is 0 Å². The van der Waals surface area contributed by atoms with Gasteiger partial charge in [0.25, 0.3) is 0 Å². The molecule has 0 aliphatic heterocycles. The Morgan fingerprint density at radius 3 is 3.00 bits per heavy atom. The number of pyridine rings is 1. The van der Waals surface area contributed by atoms with E-state index in [1.165, 1.54) is 0 Å². The molecule has 0 aliphatic rings. The van der Waals surface area contributed by atoms with Crippen molar-refractivity contribution in [3.05, 3.63) is 35.1 Å². The lowest BCUT2D eigenvalue weighted by Crippen LogP contribution is -2.03. The molecule has 0 saturated carbocycles. The van der Waals surface area contributed by atoms with Crippen LogP contribution < -0.4 is 4.74 Å². The van der Waals surface area contributed by atoms with Gasteiger partial charge in [0.05, 0.1) is 6.20 Å². The van der Waals surface area contributed by atoms with Gasteiger partial charge in [0.2, 0.25) is 0 Å². The monoisotopic (exact) mass is 268 g/mol. The molecule has 2 aromatic heterocycles. The molecule has 0 bridgehead atoms. The van der Waals surface area contributed by atoms with Crippen molar-refractivity contribution in [3.63, 3.8) is 0 Å². The fourth-order valence-electron chi connectivity index (χ4n) is 1.06. The predicted octanol–water partition coefficient (Wildman–Crippen LogP) is 1.55. The quantitative estimate of drug-likeness (QED) is 0.848. The zero-order valence-corrected chi connectivity index (χ0v) is 9.68. The van der Waals surface area contributed by atoms with Gasteiger partial charge in [0.15, 0.2) is 5.82 Å². The van der Waals surface area contributed by atoms with Gasteiger partial charge in [-0.05, 0) is 22.0 Å². The molecule has 0 saturated heterocycles. The van der Waals surface area contributed by atoms with Gasteiger partial charge in [0, 0.05) is 17.7 Å². The van der Waals surface area contributed by atoms with Crippen LogP contribution in [0, 0.1) is 0 Å². The number of aromatic nitrogens is 4. The maximum absolute atomic E-state index is 5.50. The largest absolute Gasteiger partial charge is 0.484 e. The standard InChI is InChI=1S/C9H9BrN4O/c1-14-6-12-13-9(14)5-15-8-2-7(10)3-11-4-8/h2-4,6H,5H2,1H3. The molecule has 15 heavy (non-hydrogen) atoms. The molecule has 0 radical (unpaired) electrons. The molecule has 0 amide bonds. The van der Waals surface area contributed by atoms with Crippen LogP contribution in [0.2, 0.25) is 0 Å². The third-order valence-electron chi connectivity index (χ3n) is 1.85. The highest BCUT2D eigenvalue weighted by atomic mass is 79.9. The van der Waals surface area contributed by atoms with Crippen LogP contribution in [-0.2, 0) is 13.7 Å². The van der Waals surface area contributed by atoms with Crippen molar-refractivity contribution in [1.29, 1.82) is 0 Å². The summed E-state index contributed by atoms with van der Waals surface area (Å²) in [6, 6.07) is 1.85. The zero-order chi connectivity index (χ0) is 10.7. The number of hydrogen-bond acceptors (Lipinski definition) is 4. The van der Waals surface area contributed by atoms with Gasteiger partial charge in [-0.1, -0.05) is 0 Å². The average Bonchev–Trinajstić information content (AvgIpc) is 2.61. The van der Waals surface area contributed by atoms with E-state index in [1.807, 2.05) is 17.7 Å². The highest BCUT2D eigenvalue weighted by Crippen LogP contribution is 2.16. The van der Waals surface area contributed by atoms with Crippen LogP contribution in [-0.4, -0.2) is 19.7 Å². The van der Waals surface area contributed by atoms with Crippen molar-refractivity contribution < 1.29 is 4.74 Å². The average molecular weight is 269 g/mol. The number of ether oxygens (including phenoxy) is 1. The summed E-state index contributed by atoms with van der Waals surface area (Å²) < 4.78 is 8.19. The van der Waals surface area contributed by atoms with Gasteiger partial charge in [-0.25, -0.2) is 0 Å². The molecule has 2 heterocycles. The minimum absolute atomic E-state index is 0.384. The lowest BCUT2D eigenvalue weighted by Gasteiger charge is -2.04. The maximum Gasteiger partial charge on any atom is 0.170 e. The first kappa shape index (κ1) is 10.1. The Bertz CT molecular complexity index is 457. The Kier molecular flexibility index (Phi) is 2.96. The van der Waals surface area contributed by atoms with Gasteiger partial charge >= 0.3 is 0 Å². The second-order valence-corrected chi connectivity index (χ2v) is 3.90. The van der Waals surface area contributed by atoms with Crippen LogP contribution in [0.5, 0.6) is 5.75 Å².